The van der Waals surface area contributed by atoms with Crippen LogP contribution in [0.15, 0.2) is 23.1 Å². The maximum atomic E-state index is 12.4. The molecule has 1 unspecified atom stereocenters. The van der Waals surface area contributed by atoms with Crippen LogP contribution < -0.4 is 5.73 Å². The Morgan fingerprint density at radius 1 is 1.47 bits per heavy atom. The predicted octanol–water partition coefficient (Wildman–Crippen LogP) is 0.871. The van der Waals surface area contributed by atoms with Gasteiger partial charge in [-0.05, 0) is 19.9 Å². The third-order valence-corrected chi connectivity index (χ3v) is 5.19. The second-order valence-corrected chi connectivity index (χ2v) is 6.23. The number of hydrogen-bond acceptors (Lipinski definition) is 5. The number of likely N-dealkylation sites (N-methyl/N-ethyl adjacent to an activating group) is 1. The van der Waals surface area contributed by atoms with Crippen molar-refractivity contribution in [3.63, 3.8) is 0 Å². The van der Waals surface area contributed by atoms with E-state index in [1.807, 2.05) is 0 Å². The van der Waals surface area contributed by atoms with Crippen molar-refractivity contribution >= 4 is 15.7 Å². The first-order valence-corrected chi connectivity index (χ1v) is 7.09. The van der Waals surface area contributed by atoms with Gasteiger partial charge in [0.15, 0.2) is 0 Å². The molecule has 19 heavy (non-hydrogen) atoms. The van der Waals surface area contributed by atoms with E-state index in [-0.39, 0.29) is 28.7 Å². The molecule has 106 valence electrons. The van der Waals surface area contributed by atoms with Crippen molar-refractivity contribution in [2.75, 3.05) is 13.6 Å². The van der Waals surface area contributed by atoms with E-state index in [9.17, 15) is 18.5 Å². The summed E-state index contributed by atoms with van der Waals surface area (Å²) in [5.74, 6) is 0. The lowest BCUT2D eigenvalue weighted by Crippen LogP contribution is -2.39. The van der Waals surface area contributed by atoms with Crippen LogP contribution in [0, 0.1) is 17.0 Å². The van der Waals surface area contributed by atoms with Gasteiger partial charge in [0, 0.05) is 31.3 Å². The normalized spacial score (nSPS) is 13.5. The van der Waals surface area contributed by atoms with Crippen LogP contribution in [0.5, 0.6) is 0 Å². The monoisotopic (exact) mass is 287 g/mol. The molecule has 1 atom stereocenters. The Morgan fingerprint density at radius 2 is 2.05 bits per heavy atom. The van der Waals surface area contributed by atoms with E-state index >= 15 is 0 Å². The molecule has 0 bridgehead atoms. The van der Waals surface area contributed by atoms with Gasteiger partial charge in [0.2, 0.25) is 10.0 Å². The summed E-state index contributed by atoms with van der Waals surface area (Å²) in [6.07, 6.45) is 0. The zero-order valence-electron chi connectivity index (χ0n) is 11.0. The van der Waals surface area contributed by atoms with Crippen molar-refractivity contribution in [3.8, 4) is 0 Å². The largest absolute Gasteiger partial charge is 0.329 e. The molecule has 0 spiro atoms. The molecule has 0 heterocycles. The Balaban J connectivity index is 3.38. The summed E-state index contributed by atoms with van der Waals surface area (Å²) in [6, 6.07) is 3.61. The fourth-order valence-electron chi connectivity index (χ4n) is 1.62. The SMILES string of the molecule is Cc1c([N+](=O)[O-])cccc1S(=O)(=O)N(C)C(C)CN. The highest BCUT2D eigenvalue weighted by atomic mass is 32.2. The van der Waals surface area contributed by atoms with Gasteiger partial charge in [0.1, 0.15) is 0 Å². The van der Waals surface area contributed by atoms with Crippen LogP contribution >= 0.6 is 0 Å². The average Bonchev–Trinajstić information content (AvgIpc) is 2.36. The van der Waals surface area contributed by atoms with Crippen LogP contribution in [-0.2, 0) is 10.0 Å². The van der Waals surface area contributed by atoms with Crippen LogP contribution in [0.25, 0.3) is 0 Å². The van der Waals surface area contributed by atoms with E-state index in [4.69, 9.17) is 5.73 Å². The molecule has 0 saturated heterocycles. The second kappa shape index (κ2) is 5.64. The smallest absolute Gasteiger partial charge is 0.273 e. The summed E-state index contributed by atoms with van der Waals surface area (Å²) >= 11 is 0. The van der Waals surface area contributed by atoms with E-state index < -0.39 is 14.9 Å². The van der Waals surface area contributed by atoms with E-state index in [0.717, 1.165) is 4.31 Å². The highest BCUT2D eigenvalue weighted by Gasteiger charge is 2.28. The van der Waals surface area contributed by atoms with Crippen LogP contribution in [0.2, 0.25) is 0 Å². The van der Waals surface area contributed by atoms with Crippen molar-refractivity contribution in [1.82, 2.24) is 4.31 Å². The topological polar surface area (TPSA) is 107 Å². The van der Waals surface area contributed by atoms with Gasteiger partial charge >= 0.3 is 0 Å². The zero-order valence-corrected chi connectivity index (χ0v) is 11.8. The molecule has 0 aliphatic rings. The van der Waals surface area contributed by atoms with Gasteiger partial charge in [-0.3, -0.25) is 10.1 Å². The van der Waals surface area contributed by atoms with Gasteiger partial charge in [-0.15, -0.1) is 0 Å². The lowest BCUT2D eigenvalue weighted by Gasteiger charge is -2.23. The molecule has 0 saturated carbocycles. The van der Waals surface area contributed by atoms with E-state index in [2.05, 4.69) is 0 Å². The van der Waals surface area contributed by atoms with Gasteiger partial charge in [-0.1, -0.05) is 6.07 Å². The maximum Gasteiger partial charge on any atom is 0.273 e. The minimum absolute atomic E-state index is 0.0653. The minimum atomic E-state index is -3.79. The molecule has 1 rings (SSSR count). The van der Waals surface area contributed by atoms with E-state index in [1.54, 1.807) is 6.92 Å². The Bertz CT molecular complexity index is 586. The molecule has 0 radical (unpaired) electrons. The zero-order chi connectivity index (χ0) is 14.8. The second-order valence-electron chi connectivity index (χ2n) is 4.26. The highest BCUT2D eigenvalue weighted by molar-refractivity contribution is 7.89. The first kappa shape index (κ1) is 15.5. The van der Waals surface area contributed by atoms with Gasteiger partial charge in [0.05, 0.1) is 9.82 Å². The van der Waals surface area contributed by atoms with E-state index in [0.29, 0.717) is 0 Å². The molecule has 8 heteroatoms. The molecule has 0 fully saturated rings. The first-order chi connectivity index (χ1) is 8.73. The minimum Gasteiger partial charge on any atom is -0.329 e. The van der Waals surface area contributed by atoms with Crippen molar-refractivity contribution in [2.24, 2.45) is 5.73 Å². The van der Waals surface area contributed by atoms with Crippen molar-refractivity contribution in [3.05, 3.63) is 33.9 Å². The third kappa shape index (κ3) is 2.91. The third-order valence-electron chi connectivity index (χ3n) is 3.07. The molecule has 0 aliphatic carbocycles. The highest BCUT2D eigenvalue weighted by Crippen LogP contribution is 2.27. The lowest BCUT2D eigenvalue weighted by atomic mass is 10.2. The van der Waals surface area contributed by atoms with E-state index in [1.165, 1.54) is 32.2 Å². The number of nitro benzene ring substituents is 1. The molecule has 1 aromatic carbocycles. The maximum absolute atomic E-state index is 12.4. The van der Waals surface area contributed by atoms with Crippen molar-refractivity contribution in [2.45, 2.75) is 24.8 Å². The Labute approximate surface area is 112 Å². The molecular weight excluding hydrogens is 270 g/mol. The fraction of sp³-hybridized carbons (Fsp3) is 0.455. The Hall–Kier alpha value is -1.51. The van der Waals surface area contributed by atoms with Crippen molar-refractivity contribution in [1.29, 1.82) is 0 Å². The molecule has 0 aromatic heterocycles. The number of nitro groups is 1. The van der Waals surface area contributed by atoms with Gasteiger partial charge in [0.25, 0.3) is 5.69 Å². The summed E-state index contributed by atoms with van der Waals surface area (Å²) in [5, 5.41) is 10.8. The first-order valence-electron chi connectivity index (χ1n) is 5.65. The summed E-state index contributed by atoms with van der Waals surface area (Å²) in [5.41, 5.74) is 5.36. The summed E-state index contributed by atoms with van der Waals surface area (Å²) < 4.78 is 25.9. The van der Waals surface area contributed by atoms with Crippen LogP contribution in [0.4, 0.5) is 5.69 Å². The molecule has 7 nitrogen and oxygen atoms in total. The molecule has 2 N–H and O–H groups in total. The van der Waals surface area contributed by atoms with Gasteiger partial charge < -0.3 is 5.73 Å². The number of benzene rings is 1. The number of rotatable bonds is 5. The molecule has 1 aromatic rings. The van der Waals surface area contributed by atoms with Crippen LogP contribution in [0.3, 0.4) is 0 Å². The van der Waals surface area contributed by atoms with Crippen molar-refractivity contribution < 1.29 is 13.3 Å². The quantitative estimate of drug-likeness (QED) is 0.638. The van der Waals surface area contributed by atoms with Gasteiger partial charge in [-0.2, -0.15) is 4.31 Å². The number of nitrogens with zero attached hydrogens (tertiary/aromatic N) is 2. The predicted molar refractivity (Wildman–Crippen MR) is 71.3 cm³/mol. The summed E-state index contributed by atoms with van der Waals surface area (Å²) in [4.78, 5) is 10.2. The Kier molecular flexibility index (Phi) is 4.61. The molecule has 0 amide bonds. The number of hydrogen-bond donors (Lipinski definition) is 1. The van der Waals surface area contributed by atoms with Crippen LogP contribution in [0.1, 0.15) is 12.5 Å². The molecule has 0 aliphatic heterocycles. The average molecular weight is 287 g/mol. The lowest BCUT2D eigenvalue weighted by molar-refractivity contribution is -0.385. The summed E-state index contributed by atoms with van der Waals surface area (Å²) in [6.45, 7) is 3.26. The standard InChI is InChI=1S/C11H17N3O4S/c1-8(7-12)13(3)19(17,18)11-6-4-5-10(9(11)2)14(15)16/h4-6,8H,7,12H2,1-3H3. The Morgan fingerprint density at radius 3 is 2.53 bits per heavy atom. The number of sulfonamides is 1. The van der Waals surface area contributed by atoms with Crippen LogP contribution in [-0.4, -0.2) is 37.3 Å². The van der Waals surface area contributed by atoms with Gasteiger partial charge in [-0.25, -0.2) is 8.42 Å². The fourth-order valence-corrected chi connectivity index (χ4v) is 3.23. The number of nitrogens with two attached hydrogens (primary N) is 1. The summed E-state index contributed by atoms with van der Waals surface area (Å²) in [7, 11) is -2.38. The molecular formula is C11H17N3O4S.